The van der Waals surface area contributed by atoms with Crippen molar-refractivity contribution in [3.05, 3.63) is 54.5 Å². The molecule has 1 amide bonds. The lowest BCUT2D eigenvalue weighted by Crippen LogP contribution is -2.47. The maximum absolute atomic E-state index is 13.5. The Labute approximate surface area is 224 Å². The molecule has 2 N–H and O–H groups in total. The van der Waals surface area contributed by atoms with Crippen LogP contribution in [0.25, 0.3) is 22.6 Å². The molecule has 0 unspecified atom stereocenters. The number of piperazine rings is 1. The number of nitrogens with one attached hydrogen (secondary N) is 2. The number of fused-ring (bicyclic) bond motifs is 1. The summed E-state index contributed by atoms with van der Waals surface area (Å²) in [6, 6.07) is 8.20. The van der Waals surface area contributed by atoms with E-state index in [1.165, 1.54) is 24.5 Å². The Bertz CT molecular complexity index is 1490. The van der Waals surface area contributed by atoms with E-state index in [0.29, 0.717) is 16.9 Å². The smallest absolute Gasteiger partial charge is 0.339 e. The number of pyridine rings is 2. The molecule has 1 aliphatic rings. The molecule has 0 aromatic carbocycles. The standard InChI is InChI=1S/C24H23F4N9OS/c1-35-9-11-36(12-10-35)14-20(38)32-19-13-15(5-7-29-19)30-21-16-6-8-37(39-28)23(16)34-22(33-21)17-3-2-4-18(31-17)24(25,26)27/h2-8,13H,9-12,14H2,1H3,(H2,29,30,32,33,34,38). The second-order valence-electron chi connectivity index (χ2n) is 8.93. The van der Waals surface area contributed by atoms with E-state index in [1.54, 1.807) is 18.2 Å². The molecule has 1 saturated heterocycles. The van der Waals surface area contributed by atoms with Crippen LogP contribution in [0.15, 0.2) is 48.8 Å². The highest BCUT2D eigenvalue weighted by atomic mass is 32.2. The molecule has 1 aliphatic heterocycles. The molecule has 204 valence electrons. The first-order chi connectivity index (χ1) is 18.7. The summed E-state index contributed by atoms with van der Waals surface area (Å²) < 4.78 is 54.4. The number of anilines is 3. The zero-order chi connectivity index (χ0) is 27.6. The number of carbonyl (C=O) groups is 1. The predicted molar refractivity (Wildman–Crippen MR) is 140 cm³/mol. The molecule has 0 atom stereocenters. The number of hydrogen-bond acceptors (Lipinski definition) is 9. The molecular weight excluding hydrogens is 538 g/mol. The maximum Gasteiger partial charge on any atom is 0.433 e. The molecule has 1 fully saturated rings. The molecule has 5 heterocycles. The number of hydrogen-bond donors (Lipinski definition) is 2. The van der Waals surface area contributed by atoms with Crippen molar-refractivity contribution in [1.29, 1.82) is 0 Å². The number of rotatable bonds is 7. The minimum absolute atomic E-state index is 0.111. The van der Waals surface area contributed by atoms with Crippen molar-refractivity contribution in [2.45, 2.75) is 6.18 Å². The highest BCUT2D eigenvalue weighted by molar-refractivity contribution is 7.92. The molecule has 5 rings (SSSR count). The van der Waals surface area contributed by atoms with Gasteiger partial charge in [-0.3, -0.25) is 9.69 Å². The largest absolute Gasteiger partial charge is 0.433 e. The van der Waals surface area contributed by atoms with Crippen LogP contribution in [-0.2, 0) is 11.0 Å². The number of aromatic nitrogens is 5. The summed E-state index contributed by atoms with van der Waals surface area (Å²) in [5.74, 6) is 0.187. The van der Waals surface area contributed by atoms with Crippen molar-refractivity contribution in [3.8, 4) is 11.5 Å². The summed E-state index contributed by atoms with van der Waals surface area (Å²) in [6.45, 7) is 3.60. The molecular formula is C24H23F4N9OS. The van der Waals surface area contributed by atoms with Crippen molar-refractivity contribution < 1.29 is 21.9 Å². The zero-order valence-corrected chi connectivity index (χ0v) is 21.4. The van der Waals surface area contributed by atoms with Gasteiger partial charge in [-0.2, -0.15) is 13.2 Å². The Balaban J connectivity index is 1.41. The molecule has 15 heteroatoms. The first kappa shape index (κ1) is 26.8. The summed E-state index contributed by atoms with van der Waals surface area (Å²) in [4.78, 5) is 33.3. The van der Waals surface area contributed by atoms with E-state index in [-0.39, 0.29) is 47.8 Å². The fraction of sp³-hybridized carbons (Fsp3) is 0.292. The van der Waals surface area contributed by atoms with Crippen molar-refractivity contribution in [2.75, 3.05) is 50.4 Å². The minimum Gasteiger partial charge on any atom is -0.339 e. The van der Waals surface area contributed by atoms with Gasteiger partial charge in [-0.05, 0) is 31.3 Å². The molecule has 10 nitrogen and oxygen atoms in total. The number of nitrogens with zero attached hydrogens (tertiary/aromatic N) is 7. The van der Waals surface area contributed by atoms with Crippen LogP contribution >= 0.6 is 12.3 Å². The van der Waals surface area contributed by atoms with E-state index in [1.807, 2.05) is 7.05 Å². The van der Waals surface area contributed by atoms with Crippen LogP contribution in [0.3, 0.4) is 0 Å². The molecule has 4 aromatic heterocycles. The lowest BCUT2D eigenvalue weighted by atomic mass is 10.2. The van der Waals surface area contributed by atoms with Crippen LogP contribution in [0, 0.1) is 0 Å². The summed E-state index contributed by atoms with van der Waals surface area (Å²) in [5, 5.41) is 6.29. The number of likely N-dealkylation sites (N-methyl/N-ethyl adjacent to an activating group) is 1. The lowest BCUT2D eigenvalue weighted by molar-refractivity contribution is -0.141. The molecule has 0 radical (unpaired) electrons. The van der Waals surface area contributed by atoms with Gasteiger partial charge in [-0.25, -0.2) is 23.9 Å². The van der Waals surface area contributed by atoms with E-state index in [9.17, 15) is 21.9 Å². The van der Waals surface area contributed by atoms with Crippen LogP contribution in [-0.4, -0.2) is 79.4 Å². The fourth-order valence-electron chi connectivity index (χ4n) is 4.08. The average Bonchev–Trinajstić information content (AvgIpc) is 3.33. The van der Waals surface area contributed by atoms with Crippen LogP contribution in [0.4, 0.5) is 34.4 Å². The molecule has 39 heavy (non-hydrogen) atoms. The van der Waals surface area contributed by atoms with Gasteiger partial charge in [0.25, 0.3) is 0 Å². The summed E-state index contributed by atoms with van der Waals surface area (Å²) in [6.07, 6.45) is -1.74. The van der Waals surface area contributed by atoms with Crippen molar-refractivity contribution in [3.63, 3.8) is 0 Å². The van der Waals surface area contributed by atoms with Gasteiger partial charge >= 0.3 is 6.18 Å². The van der Waals surface area contributed by atoms with Gasteiger partial charge in [0, 0.05) is 50.3 Å². The number of halogens is 4. The molecule has 0 aliphatic carbocycles. The minimum atomic E-state index is -4.65. The van der Waals surface area contributed by atoms with Crippen LogP contribution in [0.5, 0.6) is 0 Å². The van der Waals surface area contributed by atoms with E-state index < -0.39 is 11.9 Å². The zero-order valence-electron chi connectivity index (χ0n) is 20.6. The SMILES string of the molecule is CN1CCN(CC(=O)Nc2cc(Nc3nc(-c4cccc(C(F)(F)F)n4)nc4c3ccn4SF)ccn2)CC1. The third-order valence-corrected chi connectivity index (χ3v) is 6.55. The van der Waals surface area contributed by atoms with E-state index in [2.05, 4.69) is 40.4 Å². The Morgan fingerprint density at radius 1 is 1.08 bits per heavy atom. The number of alkyl halides is 3. The van der Waals surface area contributed by atoms with E-state index in [4.69, 9.17) is 0 Å². The third-order valence-electron chi connectivity index (χ3n) is 6.11. The van der Waals surface area contributed by atoms with Gasteiger partial charge in [-0.1, -0.05) is 6.07 Å². The highest BCUT2D eigenvalue weighted by Gasteiger charge is 2.32. The Kier molecular flexibility index (Phi) is 7.63. The Hall–Kier alpha value is -3.82. The first-order valence-corrected chi connectivity index (χ1v) is 12.5. The Morgan fingerprint density at radius 2 is 1.87 bits per heavy atom. The number of carbonyl (C=O) groups excluding carboxylic acids is 1. The Morgan fingerprint density at radius 3 is 2.62 bits per heavy atom. The van der Waals surface area contributed by atoms with Gasteiger partial charge < -0.3 is 15.5 Å². The fourth-order valence-corrected chi connectivity index (χ4v) is 4.39. The summed E-state index contributed by atoms with van der Waals surface area (Å²) >= 11 is -0.111. The second kappa shape index (κ2) is 11.1. The molecule has 0 spiro atoms. The summed E-state index contributed by atoms with van der Waals surface area (Å²) in [5.41, 5.74) is -0.593. The third kappa shape index (κ3) is 6.26. The van der Waals surface area contributed by atoms with Crippen molar-refractivity contribution in [1.82, 2.24) is 33.7 Å². The molecule has 0 bridgehead atoms. The topological polar surface area (TPSA) is 104 Å². The van der Waals surface area contributed by atoms with E-state index >= 15 is 0 Å². The predicted octanol–water partition coefficient (Wildman–Crippen LogP) is 4.22. The van der Waals surface area contributed by atoms with Gasteiger partial charge in [0.15, 0.2) is 23.8 Å². The first-order valence-electron chi connectivity index (χ1n) is 11.9. The van der Waals surface area contributed by atoms with Crippen LogP contribution < -0.4 is 10.6 Å². The van der Waals surface area contributed by atoms with Gasteiger partial charge in [0.1, 0.15) is 23.0 Å². The van der Waals surface area contributed by atoms with Gasteiger partial charge in [0.05, 0.1) is 11.9 Å². The average molecular weight is 562 g/mol. The molecule has 0 saturated carbocycles. The molecule has 4 aromatic rings. The lowest BCUT2D eigenvalue weighted by Gasteiger charge is -2.31. The van der Waals surface area contributed by atoms with Crippen LogP contribution in [0.1, 0.15) is 5.69 Å². The highest BCUT2D eigenvalue weighted by Crippen LogP contribution is 2.32. The van der Waals surface area contributed by atoms with Crippen LogP contribution in [0.2, 0.25) is 0 Å². The summed E-state index contributed by atoms with van der Waals surface area (Å²) in [7, 11) is 2.04. The van der Waals surface area contributed by atoms with Gasteiger partial charge in [-0.15, -0.1) is 3.89 Å². The van der Waals surface area contributed by atoms with Crippen molar-refractivity contribution in [2.24, 2.45) is 0 Å². The second-order valence-corrected chi connectivity index (χ2v) is 9.46. The monoisotopic (exact) mass is 561 g/mol. The number of amides is 1. The van der Waals surface area contributed by atoms with Crippen molar-refractivity contribution >= 4 is 46.6 Å². The quantitative estimate of drug-likeness (QED) is 0.321. The normalized spacial score (nSPS) is 15.0. The maximum atomic E-state index is 13.5. The van der Waals surface area contributed by atoms with Gasteiger partial charge in [0.2, 0.25) is 5.91 Å². The van der Waals surface area contributed by atoms with E-state index in [0.717, 1.165) is 36.2 Å².